The average Bonchev–Trinajstić information content (AvgIpc) is 2.79. The smallest absolute Gasteiger partial charge is 0.0249 e. The second-order valence-corrected chi connectivity index (χ2v) is 8.79. The molecule has 1 saturated carbocycles. The molecule has 0 heteroatoms. The Balaban J connectivity index is 1.47. The summed E-state index contributed by atoms with van der Waals surface area (Å²) in [5, 5.41) is 0. The highest BCUT2D eigenvalue weighted by atomic mass is 14.3. The predicted octanol–water partition coefficient (Wildman–Crippen LogP) is 7.78. The molecule has 1 aliphatic rings. The fraction of sp³-hybridized carbons (Fsp3) is 0.467. The van der Waals surface area contributed by atoms with Crippen molar-refractivity contribution in [2.24, 2.45) is 11.8 Å². The maximum absolute atomic E-state index is 3.30. The molecule has 1 fully saturated rings. The van der Waals surface area contributed by atoms with Gasteiger partial charge in [-0.25, -0.2) is 0 Å². The van der Waals surface area contributed by atoms with Gasteiger partial charge in [0, 0.05) is 23.1 Å². The van der Waals surface area contributed by atoms with Crippen LogP contribution in [0.2, 0.25) is 0 Å². The zero-order valence-corrected chi connectivity index (χ0v) is 18.8. The second kappa shape index (κ2) is 12.3. The van der Waals surface area contributed by atoms with E-state index < -0.39 is 0 Å². The van der Waals surface area contributed by atoms with E-state index in [1.54, 1.807) is 0 Å². The molecular weight excluding hydrogens is 360 g/mol. The summed E-state index contributed by atoms with van der Waals surface area (Å²) in [5.74, 6) is 14.9. The maximum Gasteiger partial charge on any atom is 0.0249 e. The van der Waals surface area contributed by atoms with E-state index >= 15 is 0 Å². The molecule has 0 bridgehead atoms. The Morgan fingerprint density at radius 2 is 1.13 bits per heavy atom. The highest BCUT2D eigenvalue weighted by Crippen LogP contribution is 2.33. The Kier molecular flexibility index (Phi) is 9.12. The van der Waals surface area contributed by atoms with Crippen molar-refractivity contribution >= 4 is 0 Å². The van der Waals surface area contributed by atoms with E-state index in [9.17, 15) is 0 Å². The largest absolute Gasteiger partial charge is 0.0979 e. The minimum Gasteiger partial charge on any atom is -0.0979 e. The molecule has 156 valence electrons. The van der Waals surface area contributed by atoms with Crippen molar-refractivity contribution in [2.75, 3.05) is 0 Å². The van der Waals surface area contributed by atoms with Crippen molar-refractivity contribution in [3.8, 4) is 23.7 Å². The fourth-order valence-electron chi connectivity index (χ4n) is 4.41. The molecule has 0 radical (unpaired) electrons. The van der Waals surface area contributed by atoms with Crippen LogP contribution in [0.25, 0.3) is 0 Å². The Morgan fingerprint density at radius 1 is 0.633 bits per heavy atom. The molecule has 2 aromatic carbocycles. The van der Waals surface area contributed by atoms with Crippen molar-refractivity contribution in [1.29, 1.82) is 0 Å². The molecule has 0 atom stereocenters. The summed E-state index contributed by atoms with van der Waals surface area (Å²) in [6.45, 7) is 4.47. The van der Waals surface area contributed by atoms with E-state index in [0.717, 1.165) is 41.4 Å². The Hall–Kier alpha value is -2.44. The maximum atomic E-state index is 3.30. The summed E-state index contributed by atoms with van der Waals surface area (Å²) >= 11 is 0. The highest BCUT2D eigenvalue weighted by Gasteiger charge is 2.20. The molecular formula is C30H36. The summed E-state index contributed by atoms with van der Waals surface area (Å²) < 4.78 is 0. The molecule has 2 aromatic rings. The van der Waals surface area contributed by atoms with Crippen LogP contribution in [0.3, 0.4) is 0 Å². The van der Waals surface area contributed by atoms with E-state index in [4.69, 9.17) is 0 Å². The summed E-state index contributed by atoms with van der Waals surface area (Å²) in [7, 11) is 0. The van der Waals surface area contributed by atoms with E-state index in [2.05, 4.69) is 86.1 Å². The monoisotopic (exact) mass is 396 g/mol. The quantitative estimate of drug-likeness (QED) is 0.437. The normalized spacial score (nSPS) is 18.1. The SMILES string of the molecule is CCCC#Cc1ccc(C#Cc2ccc(CC[C@H]3CC[C@H](CCC)CC3)cc2)cc1. The topological polar surface area (TPSA) is 0 Å². The fourth-order valence-corrected chi connectivity index (χ4v) is 4.41. The molecule has 0 N–H and O–H groups in total. The second-order valence-electron chi connectivity index (χ2n) is 8.79. The standard InChI is InChI=1S/C30H36/c1-3-5-6-8-26-11-15-28(16-12-26)18-20-30-23-21-29(22-24-30)19-17-27-13-9-25(7-4-2)10-14-27/h11-12,15-16,21-25,27H,3-5,7,9-10,13-14,17,19H2,1-2H3/t25-,27-. The van der Waals surface area contributed by atoms with E-state index in [-0.39, 0.29) is 0 Å². The minimum atomic E-state index is 0.937. The van der Waals surface area contributed by atoms with E-state index in [1.165, 1.54) is 56.9 Å². The number of hydrogen-bond acceptors (Lipinski definition) is 0. The first-order valence-electron chi connectivity index (χ1n) is 12.0. The van der Waals surface area contributed by atoms with E-state index in [0.29, 0.717) is 0 Å². The number of hydrogen-bond donors (Lipinski definition) is 0. The van der Waals surface area contributed by atoms with E-state index in [1.807, 2.05) is 0 Å². The van der Waals surface area contributed by atoms with Gasteiger partial charge in [-0.2, -0.15) is 0 Å². The van der Waals surface area contributed by atoms with Crippen LogP contribution in [-0.2, 0) is 6.42 Å². The molecule has 0 amide bonds. The predicted molar refractivity (Wildman–Crippen MR) is 129 cm³/mol. The first kappa shape index (κ1) is 22.2. The van der Waals surface area contributed by atoms with Crippen molar-refractivity contribution in [3.05, 3.63) is 70.8 Å². The third kappa shape index (κ3) is 7.43. The van der Waals surface area contributed by atoms with Gasteiger partial charge in [-0.15, -0.1) is 0 Å². The van der Waals surface area contributed by atoms with Gasteiger partial charge in [-0.3, -0.25) is 0 Å². The summed E-state index contributed by atoms with van der Waals surface area (Å²) in [6, 6.07) is 17.1. The van der Waals surface area contributed by atoms with Crippen LogP contribution in [0.15, 0.2) is 48.5 Å². The van der Waals surface area contributed by atoms with Crippen LogP contribution in [-0.4, -0.2) is 0 Å². The van der Waals surface area contributed by atoms with Crippen molar-refractivity contribution < 1.29 is 0 Å². The van der Waals surface area contributed by atoms with Gasteiger partial charge in [0.05, 0.1) is 0 Å². The lowest BCUT2D eigenvalue weighted by Gasteiger charge is -2.28. The first-order chi connectivity index (χ1) is 14.8. The molecule has 0 nitrogen and oxygen atoms in total. The van der Waals surface area contributed by atoms with Gasteiger partial charge in [0.25, 0.3) is 0 Å². The molecule has 3 rings (SSSR count). The van der Waals surface area contributed by atoms with Crippen LogP contribution in [0.1, 0.15) is 93.9 Å². The third-order valence-electron chi connectivity index (χ3n) is 6.30. The number of unbranched alkanes of at least 4 members (excludes halogenated alkanes) is 1. The minimum absolute atomic E-state index is 0.937. The summed E-state index contributed by atoms with van der Waals surface area (Å²) in [6.07, 6.45) is 13.2. The van der Waals surface area contributed by atoms with Crippen LogP contribution < -0.4 is 0 Å². The van der Waals surface area contributed by atoms with Crippen molar-refractivity contribution in [2.45, 2.75) is 78.1 Å². The zero-order valence-electron chi connectivity index (χ0n) is 18.8. The van der Waals surface area contributed by atoms with Crippen LogP contribution in [0.5, 0.6) is 0 Å². The number of benzene rings is 2. The Morgan fingerprint density at radius 3 is 1.67 bits per heavy atom. The van der Waals surface area contributed by atoms with Gasteiger partial charge in [0.15, 0.2) is 0 Å². The van der Waals surface area contributed by atoms with Gasteiger partial charge in [0.2, 0.25) is 0 Å². The molecule has 0 spiro atoms. The number of aryl methyl sites for hydroxylation is 1. The lowest BCUT2D eigenvalue weighted by atomic mass is 9.78. The van der Waals surface area contributed by atoms with Gasteiger partial charge in [0.1, 0.15) is 0 Å². The summed E-state index contributed by atoms with van der Waals surface area (Å²) in [5.41, 5.74) is 4.65. The average molecular weight is 397 g/mol. The molecule has 0 aromatic heterocycles. The molecule has 0 saturated heterocycles. The summed E-state index contributed by atoms with van der Waals surface area (Å²) in [4.78, 5) is 0. The molecule has 1 aliphatic carbocycles. The van der Waals surface area contributed by atoms with Crippen LogP contribution >= 0.6 is 0 Å². The lowest BCUT2D eigenvalue weighted by molar-refractivity contribution is 0.252. The molecule has 0 unspecified atom stereocenters. The number of rotatable bonds is 6. The molecule has 30 heavy (non-hydrogen) atoms. The van der Waals surface area contributed by atoms with Crippen LogP contribution in [0.4, 0.5) is 0 Å². The first-order valence-corrected chi connectivity index (χ1v) is 12.0. The van der Waals surface area contributed by atoms with Gasteiger partial charge in [-0.1, -0.05) is 88.2 Å². The Labute approximate surface area is 184 Å². The zero-order chi connectivity index (χ0) is 21.0. The third-order valence-corrected chi connectivity index (χ3v) is 6.30. The lowest BCUT2D eigenvalue weighted by Crippen LogP contribution is -2.15. The van der Waals surface area contributed by atoms with Crippen molar-refractivity contribution in [1.82, 2.24) is 0 Å². The molecule has 0 aliphatic heterocycles. The van der Waals surface area contributed by atoms with Crippen LogP contribution in [0, 0.1) is 35.5 Å². The molecule has 0 heterocycles. The highest BCUT2D eigenvalue weighted by molar-refractivity contribution is 5.46. The Bertz CT molecular complexity index is 870. The van der Waals surface area contributed by atoms with Crippen molar-refractivity contribution in [3.63, 3.8) is 0 Å². The van der Waals surface area contributed by atoms with Gasteiger partial charge < -0.3 is 0 Å². The van der Waals surface area contributed by atoms with Gasteiger partial charge >= 0.3 is 0 Å². The van der Waals surface area contributed by atoms with Gasteiger partial charge in [-0.05, 0) is 73.1 Å².